The maximum absolute atomic E-state index is 12.6. The van der Waals surface area contributed by atoms with Crippen LogP contribution in [0.1, 0.15) is 27.3 Å². The number of alkyl halides is 2. The number of carbonyl (C=O) groups is 1. The second kappa shape index (κ2) is 8.42. The van der Waals surface area contributed by atoms with E-state index < -0.39 is 26.5 Å². The Hall–Kier alpha value is -3.58. The van der Waals surface area contributed by atoms with Gasteiger partial charge < -0.3 is 4.74 Å². The van der Waals surface area contributed by atoms with Gasteiger partial charge in [-0.05, 0) is 43.3 Å². The number of nitrogens with zero attached hydrogens (tertiary/aromatic N) is 3. The quantitative estimate of drug-likeness (QED) is 0.555. The van der Waals surface area contributed by atoms with Crippen LogP contribution in [0.2, 0.25) is 0 Å². The van der Waals surface area contributed by atoms with Crippen LogP contribution in [-0.4, -0.2) is 29.9 Å². The number of hydrogen-bond acceptors (Lipinski definition) is 6. The molecule has 10 heteroatoms. The standard InChI is InChI=1S/C20H15F2N3O4S/c1-13-17(11-23)18(25(24-13)15-5-3-2-4-6-15)12-29-19(26)14-7-9-16(10-8-14)30(27,28)20(21)22/h2-10,20H,12H2,1H3. The molecule has 0 N–H and O–H groups in total. The highest BCUT2D eigenvalue weighted by Gasteiger charge is 2.26. The van der Waals surface area contributed by atoms with Crippen LogP contribution in [0.15, 0.2) is 59.5 Å². The first-order valence-corrected chi connectivity index (χ1v) is 10.1. The normalized spacial score (nSPS) is 11.3. The minimum absolute atomic E-state index is 0.0239. The molecule has 0 aliphatic heterocycles. The predicted molar refractivity (Wildman–Crippen MR) is 102 cm³/mol. The Balaban J connectivity index is 1.83. The number of rotatable bonds is 6. The number of hydrogen-bond donors (Lipinski definition) is 0. The summed E-state index contributed by atoms with van der Waals surface area (Å²) in [5.41, 5.74) is 1.75. The van der Waals surface area contributed by atoms with E-state index in [0.29, 0.717) is 17.1 Å². The second-order valence-electron chi connectivity index (χ2n) is 6.17. The van der Waals surface area contributed by atoms with Crippen molar-refractivity contribution in [2.24, 2.45) is 0 Å². The number of carbonyl (C=O) groups excluding carboxylic acids is 1. The topological polar surface area (TPSA) is 102 Å². The maximum atomic E-state index is 12.6. The molecule has 0 saturated carbocycles. The molecule has 7 nitrogen and oxygen atoms in total. The molecule has 3 rings (SSSR count). The summed E-state index contributed by atoms with van der Waals surface area (Å²) >= 11 is 0. The zero-order valence-electron chi connectivity index (χ0n) is 15.6. The molecule has 0 aliphatic rings. The minimum atomic E-state index is -4.75. The number of aromatic nitrogens is 2. The van der Waals surface area contributed by atoms with E-state index in [-0.39, 0.29) is 17.7 Å². The van der Waals surface area contributed by atoms with Gasteiger partial charge in [-0.2, -0.15) is 19.1 Å². The number of esters is 1. The van der Waals surface area contributed by atoms with E-state index in [1.54, 1.807) is 31.2 Å². The lowest BCUT2D eigenvalue weighted by Gasteiger charge is -2.09. The van der Waals surface area contributed by atoms with Crippen molar-refractivity contribution in [2.45, 2.75) is 24.2 Å². The van der Waals surface area contributed by atoms with Gasteiger partial charge in [-0.3, -0.25) is 0 Å². The lowest BCUT2D eigenvalue weighted by molar-refractivity contribution is 0.0464. The van der Waals surface area contributed by atoms with Crippen LogP contribution in [0, 0.1) is 18.3 Å². The zero-order chi connectivity index (χ0) is 21.9. The van der Waals surface area contributed by atoms with E-state index in [0.717, 1.165) is 24.3 Å². The largest absolute Gasteiger partial charge is 0.456 e. The summed E-state index contributed by atoms with van der Waals surface area (Å²) in [5.74, 6) is -4.36. The molecular weight excluding hydrogens is 416 g/mol. The summed E-state index contributed by atoms with van der Waals surface area (Å²) in [5, 5.41) is 13.8. The summed E-state index contributed by atoms with van der Waals surface area (Å²) in [6.07, 6.45) is 0. The number of ether oxygens (including phenoxy) is 1. The summed E-state index contributed by atoms with van der Waals surface area (Å²) in [4.78, 5) is 11.7. The average Bonchev–Trinajstić information content (AvgIpc) is 3.07. The molecule has 1 aromatic heterocycles. The third-order valence-electron chi connectivity index (χ3n) is 4.26. The number of para-hydroxylation sites is 1. The minimum Gasteiger partial charge on any atom is -0.456 e. The number of aryl methyl sites for hydroxylation is 1. The molecule has 0 fully saturated rings. The van der Waals surface area contributed by atoms with Crippen LogP contribution in [0.4, 0.5) is 8.78 Å². The van der Waals surface area contributed by atoms with Crippen molar-refractivity contribution in [1.29, 1.82) is 5.26 Å². The van der Waals surface area contributed by atoms with Gasteiger partial charge in [-0.15, -0.1) is 0 Å². The van der Waals surface area contributed by atoms with Gasteiger partial charge in [0.1, 0.15) is 18.2 Å². The highest BCUT2D eigenvalue weighted by molar-refractivity contribution is 7.91. The van der Waals surface area contributed by atoms with Gasteiger partial charge in [0.2, 0.25) is 9.84 Å². The van der Waals surface area contributed by atoms with E-state index in [1.807, 2.05) is 12.1 Å². The molecule has 0 saturated heterocycles. The van der Waals surface area contributed by atoms with Gasteiger partial charge in [0, 0.05) is 0 Å². The zero-order valence-corrected chi connectivity index (χ0v) is 16.4. The Kier molecular flexibility index (Phi) is 5.94. The molecule has 0 aliphatic carbocycles. The lowest BCUT2D eigenvalue weighted by Crippen LogP contribution is -2.12. The SMILES string of the molecule is Cc1nn(-c2ccccc2)c(COC(=O)c2ccc(S(=O)(=O)C(F)F)cc2)c1C#N. The Morgan fingerprint density at radius 1 is 1.17 bits per heavy atom. The molecule has 30 heavy (non-hydrogen) atoms. The summed E-state index contributed by atoms with van der Waals surface area (Å²) < 4.78 is 54.9. The molecule has 154 valence electrons. The first-order valence-electron chi connectivity index (χ1n) is 8.59. The average molecular weight is 431 g/mol. The Bertz CT molecular complexity index is 1220. The summed E-state index contributed by atoms with van der Waals surface area (Å²) in [6, 6.07) is 15.0. The summed E-state index contributed by atoms with van der Waals surface area (Å²) in [6.45, 7) is 1.39. The molecular formula is C20H15F2N3O4S. The van der Waals surface area contributed by atoms with Crippen LogP contribution in [-0.2, 0) is 21.2 Å². The Morgan fingerprint density at radius 2 is 1.80 bits per heavy atom. The van der Waals surface area contributed by atoms with Gasteiger partial charge in [-0.1, -0.05) is 18.2 Å². The van der Waals surface area contributed by atoms with E-state index >= 15 is 0 Å². The van der Waals surface area contributed by atoms with Gasteiger partial charge >= 0.3 is 11.7 Å². The van der Waals surface area contributed by atoms with Crippen molar-refractivity contribution in [3.8, 4) is 11.8 Å². The number of nitriles is 1. The highest BCUT2D eigenvalue weighted by Crippen LogP contribution is 2.21. The molecule has 0 radical (unpaired) electrons. The van der Waals surface area contributed by atoms with Crippen molar-refractivity contribution in [3.63, 3.8) is 0 Å². The van der Waals surface area contributed by atoms with Crippen LogP contribution in [0.3, 0.4) is 0 Å². The van der Waals surface area contributed by atoms with Crippen molar-refractivity contribution < 1.29 is 26.7 Å². The van der Waals surface area contributed by atoms with E-state index in [1.165, 1.54) is 4.68 Å². The number of benzene rings is 2. The first-order chi connectivity index (χ1) is 14.3. The first kappa shape index (κ1) is 21.1. The molecule has 0 bridgehead atoms. The number of sulfone groups is 1. The molecule has 1 heterocycles. The Labute approximate surface area is 171 Å². The molecule has 0 amide bonds. The third-order valence-corrected chi connectivity index (χ3v) is 5.66. The molecule has 2 aromatic carbocycles. The van der Waals surface area contributed by atoms with Crippen LogP contribution in [0.5, 0.6) is 0 Å². The molecule has 3 aromatic rings. The van der Waals surface area contributed by atoms with Crippen LogP contribution >= 0.6 is 0 Å². The van der Waals surface area contributed by atoms with E-state index in [9.17, 15) is 27.3 Å². The maximum Gasteiger partial charge on any atom is 0.341 e. The predicted octanol–water partition coefficient (Wildman–Crippen LogP) is 3.41. The molecule has 0 spiro atoms. The van der Waals surface area contributed by atoms with E-state index in [4.69, 9.17) is 4.74 Å². The molecule has 0 atom stereocenters. The Morgan fingerprint density at radius 3 is 2.37 bits per heavy atom. The second-order valence-corrected chi connectivity index (χ2v) is 8.09. The summed E-state index contributed by atoms with van der Waals surface area (Å²) in [7, 11) is -4.75. The fraction of sp³-hybridized carbons (Fsp3) is 0.150. The van der Waals surface area contributed by atoms with Gasteiger partial charge in [0.15, 0.2) is 0 Å². The lowest BCUT2D eigenvalue weighted by atomic mass is 10.2. The van der Waals surface area contributed by atoms with Crippen molar-refractivity contribution in [1.82, 2.24) is 9.78 Å². The fourth-order valence-electron chi connectivity index (χ4n) is 2.74. The van der Waals surface area contributed by atoms with Crippen molar-refractivity contribution >= 4 is 15.8 Å². The van der Waals surface area contributed by atoms with Crippen molar-refractivity contribution in [2.75, 3.05) is 0 Å². The van der Waals surface area contributed by atoms with Crippen molar-refractivity contribution in [3.05, 3.63) is 77.1 Å². The smallest absolute Gasteiger partial charge is 0.341 e. The van der Waals surface area contributed by atoms with E-state index in [2.05, 4.69) is 5.10 Å². The van der Waals surface area contributed by atoms with Crippen LogP contribution < -0.4 is 0 Å². The van der Waals surface area contributed by atoms with Gasteiger partial charge in [-0.25, -0.2) is 17.9 Å². The van der Waals surface area contributed by atoms with Crippen LogP contribution in [0.25, 0.3) is 5.69 Å². The molecule has 0 unspecified atom stereocenters. The highest BCUT2D eigenvalue weighted by atomic mass is 32.2. The van der Waals surface area contributed by atoms with Gasteiger partial charge in [0.25, 0.3) is 0 Å². The fourth-order valence-corrected chi connectivity index (χ4v) is 3.46. The monoisotopic (exact) mass is 431 g/mol. The van der Waals surface area contributed by atoms with Gasteiger partial charge in [0.05, 0.1) is 27.5 Å². The number of halogens is 2. The third kappa shape index (κ3) is 4.06.